The van der Waals surface area contributed by atoms with Crippen LogP contribution in [0.15, 0.2) is 0 Å². The Kier molecular flexibility index (Phi) is 4.10. The molecule has 0 aromatic carbocycles. The van der Waals surface area contributed by atoms with Crippen molar-refractivity contribution in [2.24, 2.45) is 5.92 Å². The fourth-order valence-electron chi connectivity index (χ4n) is 2.39. The predicted octanol–water partition coefficient (Wildman–Crippen LogP) is 2.20. The van der Waals surface area contributed by atoms with Gasteiger partial charge in [-0.1, -0.05) is 0 Å². The molecule has 1 saturated heterocycles. The molecular formula is C11H18F2O3. The average Bonchev–Trinajstić information content (AvgIpc) is 2.70. The quantitative estimate of drug-likeness (QED) is 0.749. The molecule has 94 valence electrons. The van der Waals surface area contributed by atoms with Gasteiger partial charge in [0.05, 0.1) is 13.2 Å². The third kappa shape index (κ3) is 3.12. The summed E-state index contributed by atoms with van der Waals surface area (Å²) in [5, 5.41) is 0. The van der Waals surface area contributed by atoms with Gasteiger partial charge in [-0.3, -0.25) is 0 Å². The van der Waals surface area contributed by atoms with Gasteiger partial charge in [-0.15, -0.1) is 0 Å². The highest BCUT2D eigenvalue weighted by Gasteiger charge is 2.40. The molecule has 1 spiro atoms. The van der Waals surface area contributed by atoms with Gasteiger partial charge < -0.3 is 14.2 Å². The molecule has 1 aliphatic carbocycles. The highest BCUT2D eigenvalue weighted by atomic mass is 19.3. The summed E-state index contributed by atoms with van der Waals surface area (Å²) >= 11 is 0. The maximum atomic E-state index is 11.9. The Morgan fingerprint density at radius 1 is 1.19 bits per heavy atom. The topological polar surface area (TPSA) is 27.7 Å². The van der Waals surface area contributed by atoms with Crippen LogP contribution < -0.4 is 0 Å². The van der Waals surface area contributed by atoms with Crippen LogP contribution in [0.1, 0.15) is 25.7 Å². The van der Waals surface area contributed by atoms with Gasteiger partial charge in [0, 0.05) is 19.4 Å². The molecule has 0 unspecified atom stereocenters. The van der Waals surface area contributed by atoms with Gasteiger partial charge in [0.1, 0.15) is 6.61 Å². The zero-order chi connectivity index (χ0) is 11.4. The van der Waals surface area contributed by atoms with Crippen LogP contribution >= 0.6 is 0 Å². The molecule has 0 atom stereocenters. The van der Waals surface area contributed by atoms with E-state index in [1.807, 2.05) is 0 Å². The van der Waals surface area contributed by atoms with Crippen molar-refractivity contribution in [3.8, 4) is 0 Å². The Labute approximate surface area is 94.0 Å². The van der Waals surface area contributed by atoms with Gasteiger partial charge in [-0.2, -0.15) is 0 Å². The number of alkyl halides is 2. The van der Waals surface area contributed by atoms with E-state index in [4.69, 9.17) is 14.2 Å². The van der Waals surface area contributed by atoms with Crippen molar-refractivity contribution < 1.29 is 23.0 Å². The minimum absolute atomic E-state index is 0.362. The summed E-state index contributed by atoms with van der Waals surface area (Å²) in [7, 11) is 0. The molecule has 5 heteroatoms. The standard InChI is InChI=1S/C11H18F2O3/c12-10(13)8-14-7-9-1-3-11(4-2-9)15-5-6-16-11/h9-10H,1-8H2. The van der Waals surface area contributed by atoms with Crippen molar-refractivity contribution >= 4 is 0 Å². The number of hydrogen-bond donors (Lipinski definition) is 0. The van der Waals surface area contributed by atoms with E-state index in [1.54, 1.807) is 0 Å². The van der Waals surface area contributed by atoms with Crippen LogP contribution in [0.5, 0.6) is 0 Å². The summed E-state index contributed by atoms with van der Waals surface area (Å²) in [6.07, 6.45) is 1.22. The number of halogens is 2. The van der Waals surface area contributed by atoms with Crippen molar-refractivity contribution in [1.82, 2.24) is 0 Å². The van der Waals surface area contributed by atoms with Crippen LogP contribution in [-0.4, -0.2) is 38.6 Å². The first-order chi connectivity index (χ1) is 7.70. The lowest BCUT2D eigenvalue weighted by atomic mass is 9.85. The van der Waals surface area contributed by atoms with E-state index < -0.39 is 13.0 Å². The molecule has 2 aliphatic rings. The molecule has 1 aliphatic heterocycles. The second-order valence-corrected chi connectivity index (χ2v) is 4.48. The fourth-order valence-corrected chi connectivity index (χ4v) is 2.39. The van der Waals surface area contributed by atoms with Gasteiger partial charge in [-0.25, -0.2) is 8.78 Å². The molecule has 1 saturated carbocycles. The molecule has 0 aromatic heterocycles. The molecule has 0 N–H and O–H groups in total. The monoisotopic (exact) mass is 236 g/mol. The lowest BCUT2D eigenvalue weighted by Crippen LogP contribution is -2.36. The minimum Gasteiger partial charge on any atom is -0.375 e. The molecule has 2 rings (SSSR count). The van der Waals surface area contributed by atoms with E-state index in [2.05, 4.69) is 0 Å². The average molecular weight is 236 g/mol. The van der Waals surface area contributed by atoms with Gasteiger partial charge in [0.15, 0.2) is 5.79 Å². The van der Waals surface area contributed by atoms with Crippen LogP contribution in [0.4, 0.5) is 8.78 Å². The summed E-state index contributed by atoms with van der Waals surface area (Å²) in [5.74, 6) is 0.0105. The summed E-state index contributed by atoms with van der Waals surface area (Å²) in [6, 6.07) is 0. The minimum atomic E-state index is -2.36. The van der Waals surface area contributed by atoms with Crippen molar-refractivity contribution in [3.05, 3.63) is 0 Å². The molecule has 16 heavy (non-hydrogen) atoms. The maximum absolute atomic E-state index is 11.9. The largest absolute Gasteiger partial charge is 0.375 e. The smallest absolute Gasteiger partial charge is 0.261 e. The van der Waals surface area contributed by atoms with E-state index in [9.17, 15) is 8.78 Å². The second-order valence-electron chi connectivity index (χ2n) is 4.48. The third-order valence-electron chi connectivity index (χ3n) is 3.28. The molecule has 0 aromatic rings. The Balaban J connectivity index is 1.65. The molecule has 0 amide bonds. The molecule has 0 bridgehead atoms. The zero-order valence-corrected chi connectivity index (χ0v) is 9.29. The van der Waals surface area contributed by atoms with Gasteiger partial charge >= 0.3 is 0 Å². The Bertz CT molecular complexity index is 207. The summed E-state index contributed by atoms with van der Waals surface area (Å²) < 4.78 is 39.9. The lowest BCUT2D eigenvalue weighted by molar-refractivity contribution is -0.185. The second kappa shape index (κ2) is 5.38. The van der Waals surface area contributed by atoms with Crippen molar-refractivity contribution in [2.45, 2.75) is 37.9 Å². The summed E-state index contributed by atoms with van der Waals surface area (Å²) in [4.78, 5) is 0. The van der Waals surface area contributed by atoms with Gasteiger partial charge in [0.25, 0.3) is 6.43 Å². The number of hydrogen-bond acceptors (Lipinski definition) is 3. The first-order valence-corrected chi connectivity index (χ1v) is 5.84. The fraction of sp³-hybridized carbons (Fsp3) is 1.00. The first-order valence-electron chi connectivity index (χ1n) is 5.84. The van der Waals surface area contributed by atoms with E-state index in [1.165, 1.54) is 0 Å². The first kappa shape index (κ1) is 12.2. The van der Waals surface area contributed by atoms with Crippen molar-refractivity contribution in [2.75, 3.05) is 26.4 Å². The number of rotatable bonds is 4. The van der Waals surface area contributed by atoms with E-state index >= 15 is 0 Å². The van der Waals surface area contributed by atoms with Crippen molar-refractivity contribution in [1.29, 1.82) is 0 Å². The van der Waals surface area contributed by atoms with Gasteiger partial charge in [0.2, 0.25) is 0 Å². The van der Waals surface area contributed by atoms with E-state index in [-0.39, 0.29) is 5.79 Å². The van der Waals surface area contributed by atoms with Crippen LogP contribution in [0, 0.1) is 5.92 Å². The lowest BCUT2D eigenvalue weighted by Gasteiger charge is -2.35. The Morgan fingerprint density at radius 3 is 2.38 bits per heavy atom. The molecule has 1 heterocycles. The van der Waals surface area contributed by atoms with Crippen molar-refractivity contribution in [3.63, 3.8) is 0 Å². The molecule has 0 radical (unpaired) electrons. The van der Waals surface area contributed by atoms with E-state index in [0.717, 1.165) is 25.7 Å². The van der Waals surface area contributed by atoms with Crippen LogP contribution in [-0.2, 0) is 14.2 Å². The number of ether oxygens (including phenoxy) is 3. The SMILES string of the molecule is FC(F)COCC1CCC2(CC1)OCCO2. The Morgan fingerprint density at radius 2 is 1.81 bits per heavy atom. The van der Waals surface area contributed by atoms with Crippen LogP contribution in [0.25, 0.3) is 0 Å². The predicted molar refractivity (Wildman–Crippen MR) is 53.4 cm³/mol. The third-order valence-corrected chi connectivity index (χ3v) is 3.28. The highest BCUT2D eigenvalue weighted by molar-refractivity contribution is 4.82. The zero-order valence-electron chi connectivity index (χ0n) is 9.29. The van der Waals surface area contributed by atoms with Crippen LogP contribution in [0.2, 0.25) is 0 Å². The molecule has 3 nitrogen and oxygen atoms in total. The Hall–Kier alpha value is -0.260. The van der Waals surface area contributed by atoms with Crippen LogP contribution in [0.3, 0.4) is 0 Å². The maximum Gasteiger partial charge on any atom is 0.261 e. The normalized spacial score (nSPS) is 25.7. The van der Waals surface area contributed by atoms with Gasteiger partial charge in [-0.05, 0) is 18.8 Å². The molecular weight excluding hydrogens is 218 g/mol. The summed E-state index contributed by atoms with van der Waals surface area (Å²) in [6.45, 7) is 1.33. The summed E-state index contributed by atoms with van der Waals surface area (Å²) in [5.41, 5.74) is 0. The van der Waals surface area contributed by atoms with E-state index in [0.29, 0.717) is 25.7 Å². The highest BCUT2D eigenvalue weighted by Crippen LogP contribution is 2.38. The molecule has 2 fully saturated rings.